The maximum Gasteiger partial charge on any atom is 0.00262 e. The molecule has 0 N–H and O–H groups in total. The van der Waals surface area contributed by atoms with Gasteiger partial charge < -0.3 is 0 Å². The summed E-state index contributed by atoms with van der Waals surface area (Å²) in [5.74, 6) is 1.44. The van der Waals surface area contributed by atoms with Crippen LogP contribution in [-0.2, 0) is 0 Å². The normalized spacial score (nSPS) is 34.7. The molecule has 0 aromatic heterocycles. The maximum absolute atomic E-state index is 3.95. The topological polar surface area (TPSA) is 0 Å². The molecule has 0 nitrogen and oxygen atoms in total. The van der Waals surface area contributed by atoms with Crippen LogP contribution in [0.1, 0.15) is 13.3 Å². The molecule has 2 atom stereocenters. The molecule has 0 fully saturated rings. The van der Waals surface area contributed by atoms with Crippen molar-refractivity contribution in [1.29, 1.82) is 0 Å². The summed E-state index contributed by atoms with van der Waals surface area (Å²) >= 11 is 0. The molecule has 0 spiro atoms. The van der Waals surface area contributed by atoms with E-state index in [1.165, 1.54) is 17.6 Å². The molecular weight excluding hydrogens is 120 g/mol. The molecule has 0 saturated carbocycles. The molecule has 2 unspecified atom stereocenters. The van der Waals surface area contributed by atoms with Gasteiger partial charge in [-0.05, 0) is 24.8 Å². The Morgan fingerprint density at radius 3 is 2.70 bits per heavy atom. The third-order valence-corrected chi connectivity index (χ3v) is 2.40. The van der Waals surface area contributed by atoms with Gasteiger partial charge in [0, 0.05) is 5.92 Å². The Bertz CT molecular complexity index is 230. The summed E-state index contributed by atoms with van der Waals surface area (Å²) in [6.45, 7) is 6.05. The summed E-state index contributed by atoms with van der Waals surface area (Å²) in [5.41, 5.74) is 2.73. The molecule has 0 aliphatic heterocycles. The Morgan fingerprint density at radius 1 is 1.60 bits per heavy atom. The van der Waals surface area contributed by atoms with Crippen molar-refractivity contribution in [2.45, 2.75) is 13.3 Å². The number of rotatable bonds is 1. The Kier molecular flexibility index (Phi) is 1.10. The van der Waals surface area contributed by atoms with Crippen molar-refractivity contribution < 1.29 is 0 Å². The van der Waals surface area contributed by atoms with Gasteiger partial charge in [0.05, 0.1) is 0 Å². The van der Waals surface area contributed by atoms with Gasteiger partial charge >= 0.3 is 0 Å². The molecule has 0 radical (unpaired) electrons. The van der Waals surface area contributed by atoms with E-state index in [0.717, 1.165) is 5.92 Å². The van der Waals surface area contributed by atoms with E-state index in [4.69, 9.17) is 0 Å². The predicted octanol–water partition coefficient (Wildman–Crippen LogP) is 2.69. The van der Waals surface area contributed by atoms with Crippen LogP contribution in [0, 0.1) is 11.8 Å². The fourth-order valence-corrected chi connectivity index (χ4v) is 1.89. The monoisotopic (exact) mass is 132 g/mol. The van der Waals surface area contributed by atoms with Crippen LogP contribution in [0.4, 0.5) is 0 Å². The lowest BCUT2D eigenvalue weighted by atomic mass is 9.98. The van der Waals surface area contributed by atoms with Crippen molar-refractivity contribution in [3.8, 4) is 0 Å². The van der Waals surface area contributed by atoms with Crippen molar-refractivity contribution in [3.05, 3.63) is 36.0 Å². The average Bonchev–Trinajstić information content (AvgIpc) is 2.44. The minimum Gasteiger partial charge on any atom is -0.0958 e. The first-order chi connectivity index (χ1) is 4.77. The van der Waals surface area contributed by atoms with Gasteiger partial charge in [0.1, 0.15) is 0 Å². The standard InChI is InChI=1S/C10H12/c1-7(2)10-6-8-3-4-9(10)5-8/h3-4,6,8-9H,1,5H2,2H3. The van der Waals surface area contributed by atoms with Gasteiger partial charge in [-0.1, -0.05) is 30.4 Å². The van der Waals surface area contributed by atoms with Crippen LogP contribution < -0.4 is 0 Å². The zero-order valence-electron chi connectivity index (χ0n) is 6.30. The number of hydrogen-bond donors (Lipinski definition) is 0. The molecule has 0 heterocycles. The van der Waals surface area contributed by atoms with Crippen molar-refractivity contribution in [2.75, 3.05) is 0 Å². The lowest BCUT2D eigenvalue weighted by molar-refractivity contribution is 0.717. The molecule has 0 aromatic carbocycles. The summed E-state index contributed by atoms with van der Waals surface area (Å²) in [5, 5.41) is 0. The molecule has 2 aliphatic carbocycles. The molecule has 52 valence electrons. The molecule has 2 aliphatic rings. The van der Waals surface area contributed by atoms with Crippen LogP contribution in [0.3, 0.4) is 0 Å². The van der Waals surface area contributed by atoms with Crippen LogP contribution in [0.15, 0.2) is 36.0 Å². The zero-order chi connectivity index (χ0) is 7.14. The minimum atomic E-state index is 0.711. The second-order valence-corrected chi connectivity index (χ2v) is 3.29. The Labute approximate surface area is 61.9 Å². The van der Waals surface area contributed by atoms with Gasteiger partial charge in [0.25, 0.3) is 0 Å². The minimum absolute atomic E-state index is 0.711. The van der Waals surface area contributed by atoms with Gasteiger partial charge in [0.2, 0.25) is 0 Å². The highest BCUT2D eigenvalue weighted by atomic mass is 14.3. The zero-order valence-corrected chi connectivity index (χ0v) is 6.30. The lowest BCUT2D eigenvalue weighted by Crippen LogP contribution is -1.93. The third-order valence-electron chi connectivity index (χ3n) is 2.40. The van der Waals surface area contributed by atoms with Gasteiger partial charge in [-0.2, -0.15) is 0 Å². The molecular formula is C10H12. The van der Waals surface area contributed by atoms with Crippen LogP contribution in [-0.4, -0.2) is 0 Å². The van der Waals surface area contributed by atoms with Gasteiger partial charge in [-0.15, -0.1) is 0 Å². The Balaban J connectivity index is 2.29. The van der Waals surface area contributed by atoms with Gasteiger partial charge in [0.15, 0.2) is 0 Å². The molecule has 2 bridgehead atoms. The molecule has 0 saturated heterocycles. The first kappa shape index (κ1) is 5.96. The molecule has 0 amide bonds. The smallest absolute Gasteiger partial charge is 0.00262 e. The van der Waals surface area contributed by atoms with Crippen LogP contribution >= 0.6 is 0 Å². The molecule has 10 heavy (non-hydrogen) atoms. The molecule has 2 rings (SSSR count). The van der Waals surface area contributed by atoms with Crippen molar-refractivity contribution in [2.24, 2.45) is 11.8 Å². The van der Waals surface area contributed by atoms with E-state index in [9.17, 15) is 0 Å². The second-order valence-electron chi connectivity index (χ2n) is 3.29. The number of allylic oxidation sites excluding steroid dienone is 5. The fourth-order valence-electron chi connectivity index (χ4n) is 1.89. The summed E-state index contributed by atoms with van der Waals surface area (Å²) in [6.07, 6.45) is 8.28. The van der Waals surface area contributed by atoms with Gasteiger partial charge in [-0.3, -0.25) is 0 Å². The SMILES string of the molecule is C=C(C)C1=CC2C=CC1C2. The maximum atomic E-state index is 3.95. The van der Waals surface area contributed by atoms with Gasteiger partial charge in [-0.25, -0.2) is 0 Å². The summed E-state index contributed by atoms with van der Waals surface area (Å²) in [6, 6.07) is 0. The quantitative estimate of drug-likeness (QED) is 0.481. The third kappa shape index (κ3) is 0.683. The Morgan fingerprint density at radius 2 is 2.40 bits per heavy atom. The van der Waals surface area contributed by atoms with Crippen LogP contribution in [0.2, 0.25) is 0 Å². The predicted molar refractivity (Wildman–Crippen MR) is 43.6 cm³/mol. The molecule has 0 heteroatoms. The highest BCUT2D eigenvalue weighted by molar-refractivity contribution is 5.40. The summed E-state index contributed by atoms with van der Waals surface area (Å²) in [4.78, 5) is 0. The first-order valence-corrected chi connectivity index (χ1v) is 3.83. The summed E-state index contributed by atoms with van der Waals surface area (Å²) < 4.78 is 0. The highest BCUT2D eigenvalue weighted by Crippen LogP contribution is 2.40. The van der Waals surface area contributed by atoms with E-state index in [1.54, 1.807) is 0 Å². The van der Waals surface area contributed by atoms with E-state index in [0.29, 0.717) is 5.92 Å². The van der Waals surface area contributed by atoms with Crippen molar-refractivity contribution in [3.63, 3.8) is 0 Å². The molecule has 0 aromatic rings. The fraction of sp³-hybridized carbons (Fsp3) is 0.400. The number of hydrogen-bond acceptors (Lipinski definition) is 0. The highest BCUT2D eigenvalue weighted by Gasteiger charge is 2.27. The lowest BCUT2D eigenvalue weighted by Gasteiger charge is -2.07. The number of fused-ring (bicyclic) bond motifs is 2. The summed E-state index contributed by atoms with van der Waals surface area (Å²) in [7, 11) is 0. The van der Waals surface area contributed by atoms with E-state index < -0.39 is 0 Å². The van der Waals surface area contributed by atoms with Crippen LogP contribution in [0.5, 0.6) is 0 Å². The Hall–Kier alpha value is -0.780. The van der Waals surface area contributed by atoms with Crippen molar-refractivity contribution in [1.82, 2.24) is 0 Å². The average molecular weight is 132 g/mol. The van der Waals surface area contributed by atoms with E-state index in [-0.39, 0.29) is 0 Å². The van der Waals surface area contributed by atoms with E-state index in [2.05, 4.69) is 31.7 Å². The second kappa shape index (κ2) is 1.85. The largest absolute Gasteiger partial charge is 0.0958 e. The first-order valence-electron chi connectivity index (χ1n) is 3.83. The van der Waals surface area contributed by atoms with E-state index >= 15 is 0 Å². The van der Waals surface area contributed by atoms with Crippen LogP contribution in [0.25, 0.3) is 0 Å². The van der Waals surface area contributed by atoms with E-state index in [1.807, 2.05) is 0 Å². The van der Waals surface area contributed by atoms with Crippen molar-refractivity contribution >= 4 is 0 Å².